The van der Waals surface area contributed by atoms with E-state index in [0.717, 1.165) is 16.3 Å². The summed E-state index contributed by atoms with van der Waals surface area (Å²) >= 11 is 0.926. The summed E-state index contributed by atoms with van der Waals surface area (Å²) in [6.45, 7) is 1.17. The fourth-order valence-electron chi connectivity index (χ4n) is 2.01. The molecule has 3 N–H and O–H groups in total. The number of rotatable bonds is 5. The van der Waals surface area contributed by atoms with E-state index in [0.29, 0.717) is 10.9 Å². The van der Waals surface area contributed by atoms with Gasteiger partial charge in [-0.2, -0.15) is 0 Å². The number of amides is 3. The molecule has 10 heteroatoms. The first-order valence-corrected chi connectivity index (χ1v) is 8.04. The molecule has 0 saturated carbocycles. The van der Waals surface area contributed by atoms with E-state index in [1.807, 2.05) is 5.32 Å². The quantitative estimate of drug-likeness (QED) is 0.441. The standard InChI is InChI=1S/C15H16N4O5S/c1-8(12(21)18-14(16)23)25-15-17-10-6-4-3-5-9(10)13(22)19(15)7-11(20)24-2/h3-6,8H,7H2,1-2H3,(H3,16,18,21,23)/t8-/m1/s1. The van der Waals surface area contributed by atoms with E-state index in [9.17, 15) is 19.2 Å². The predicted molar refractivity (Wildman–Crippen MR) is 91.1 cm³/mol. The molecule has 0 fully saturated rings. The van der Waals surface area contributed by atoms with Gasteiger partial charge in [0.1, 0.15) is 6.54 Å². The summed E-state index contributed by atoms with van der Waals surface area (Å²) in [5, 5.41) is 1.68. The molecule has 0 spiro atoms. The zero-order valence-electron chi connectivity index (χ0n) is 13.5. The Balaban J connectivity index is 2.47. The first-order chi connectivity index (χ1) is 11.8. The minimum absolute atomic E-state index is 0.154. The molecule has 0 bridgehead atoms. The Morgan fingerprint density at radius 1 is 1.36 bits per heavy atom. The molecule has 2 aromatic rings. The zero-order valence-corrected chi connectivity index (χ0v) is 14.3. The molecule has 132 valence electrons. The summed E-state index contributed by atoms with van der Waals surface area (Å²) in [5.74, 6) is -1.26. The van der Waals surface area contributed by atoms with E-state index in [1.165, 1.54) is 14.0 Å². The van der Waals surface area contributed by atoms with Crippen LogP contribution in [0.25, 0.3) is 10.9 Å². The second kappa shape index (κ2) is 7.79. The Morgan fingerprint density at radius 2 is 2.04 bits per heavy atom. The summed E-state index contributed by atoms with van der Waals surface area (Å²) in [4.78, 5) is 51.3. The number of para-hydroxylation sites is 1. The van der Waals surface area contributed by atoms with Crippen molar-refractivity contribution in [2.24, 2.45) is 5.73 Å². The number of benzene rings is 1. The average Bonchev–Trinajstić information content (AvgIpc) is 2.57. The molecule has 25 heavy (non-hydrogen) atoms. The third-order valence-corrected chi connectivity index (χ3v) is 4.33. The highest BCUT2D eigenvalue weighted by molar-refractivity contribution is 8.00. The number of aromatic nitrogens is 2. The van der Waals surface area contributed by atoms with Gasteiger partial charge in [-0.1, -0.05) is 23.9 Å². The number of thioether (sulfide) groups is 1. The predicted octanol–water partition coefficient (Wildman–Crippen LogP) is 0.245. The van der Waals surface area contributed by atoms with Crippen molar-refractivity contribution in [1.29, 1.82) is 0 Å². The van der Waals surface area contributed by atoms with Crippen LogP contribution in [0, 0.1) is 0 Å². The summed E-state index contributed by atoms with van der Waals surface area (Å²) in [7, 11) is 1.21. The SMILES string of the molecule is COC(=O)Cn1c(S[C@H](C)C(=O)NC(N)=O)nc2ccccc2c1=O. The van der Waals surface area contributed by atoms with Crippen LogP contribution in [-0.4, -0.2) is 39.8 Å². The van der Waals surface area contributed by atoms with E-state index in [1.54, 1.807) is 24.3 Å². The van der Waals surface area contributed by atoms with Crippen LogP contribution in [-0.2, 0) is 20.9 Å². The Labute approximate surface area is 146 Å². The number of hydrogen-bond donors (Lipinski definition) is 2. The van der Waals surface area contributed by atoms with Crippen molar-refractivity contribution in [3.05, 3.63) is 34.6 Å². The van der Waals surface area contributed by atoms with Gasteiger partial charge in [-0.15, -0.1) is 0 Å². The molecule has 0 unspecified atom stereocenters. The normalized spacial score (nSPS) is 11.8. The van der Waals surface area contributed by atoms with Gasteiger partial charge in [-0.3, -0.25) is 24.3 Å². The van der Waals surface area contributed by atoms with E-state index in [2.05, 4.69) is 9.72 Å². The van der Waals surface area contributed by atoms with Crippen LogP contribution in [0.3, 0.4) is 0 Å². The van der Waals surface area contributed by atoms with Gasteiger partial charge in [0.25, 0.3) is 5.56 Å². The minimum atomic E-state index is -0.976. The number of primary amides is 1. The maximum absolute atomic E-state index is 12.7. The van der Waals surface area contributed by atoms with Gasteiger partial charge in [0.15, 0.2) is 5.16 Å². The number of nitrogens with zero attached hydrogens (tertiary/aromatic N) is 2. The van der Waals surface area contributed by atoms with Crippen molar-refractivity contribution in [2.45, 2.75) is 23.9 Å². The van der Waals surface area contributed by atoms with Crippen LogP contribution in [0.2, 0.25) is 0 Å². The van der Waals surface area contributed by atoms with Crippen LogP contribution < -0.4 is 16.6 Å². The molecular formula is C15H16N4O5S. The molecule has 1 atom stereocenters. The van der Waals surface area contributed by atoms with Crippen LogP contribution in [0.15, 0.2) is 34.2 Å². The molecule has 0 aliphatic heterocycles. The van der Waals surface area contributed by atoms with Gasteiger partial charge >= 0.3 is 12.0 Å². The Morgan fingerprint density at radius 3 is 2.68 bits per heavy atom. The molecule has 0 aliphatic carbocycles. The number of carbonyl (C=O) groups excluding carboxylic acids is 3. The van der Waals surface area contributed by atoms with Crippen molar-refractivity contribution in [3.63, 3.8) is 0 Å². The number of imide groups is 1. The highest BCUT2D eigenvalue weighted by Crippen LogP contribution is 2.22. The number of urea groups is 1. The maximum atomic E-state index is 12.7. The topological polar surface area (TPSA) is 133 Å². The maximum Gasteiger partial charge on any atom is 0.325 e. The van der Waals surface area contributed by atoms with Gasteiger partial charge in [-0.05, 0) is 19.1 Å². The fraction of sp³-hybridized carbons (Fsp3) is 0.267. The molecule has 0 radical (unpaired) electrons. The second-order valence-electron chi connectivity index (χ2n) is 4.99. The van der Waals surface area contributed by atoms with E-state index in [-0.39, 0.29) is 11.7 Å². The summed E-state index contributed by atoms with van der Waals surface area (Å²) in [6.07, 6.45) is 0. The molecule has 2 rings (SSSR count). The number of nitrogens with one attached hydrogen (secondary N) is 1. The molecule has 0 saturated heterocycles. The lowest BCUT2D eigenvalue weighted by atomic mass is 10.2. The Hall–Kier alpha value is -2.88. The van der Waals surface area contributed by atoms with Crippen molar-refractivity contribution < 1.29 is 19.1 Å². The van der Waals surface area contributed by atoms with Gasteiger partial charge < -0.3 is 10.5 Å². The summed E-state index contributed by atoms with van der Waals surface area (Å²) in [6, 6.07) is 5.67. The fourth-order valence-corrected chi connectivity index (χ4v) is 2.91. The van der Waals surface area contributed by atoms with Gasteiger partial charge in [0, 0.05) is 0 Å². The molecule has 1 aromatic heterocycles. The van der Waals surface area contributed by atoms with E-state index in [4.69, 9.17) is 5.73 Å². The molecule has 3 amide bonds. The summed E-state index contributed by atoms with van der Waals surface area (Å²) < 4.78 is 5.74. The third-order valence-electron chi connectivity index (χ3n) is 3.24. The van der Waals surface area contributed by atoms with E-state index < -0.39 is 28.7 Å². The Bertz CT molecular complexity index is 895. The number of ether oxygens (including phenoxy) is 1. The number of nitrogens with two attached hydrogens (primary N) is 1. The number of esters is 1. The van der Waals surface area contributed by atoms with Crippen molar-refractivity contribution in [3.8, 4) is 0 Å². The van der Waals surface area contributed by atoms with Crippen LogP contribution in [0.1, 0.15) is 6.92 Å². The number of hydrogen-bond acceptors (Lipinski definition) is 7. The van der Waals surface area contributed by atoms with Crippen LogP contribution >= 0.6 is 11.8 Å². The van der Waals surface area contributed by atoms with Crippen LogP contribution in [0.4, 0.5) is 4.79 Å². The number of methoxy groups -OCH3 is 1. The average molecular weight is 364 g/mol. The first-order valence-electron chi connectivity index (χ1n) is 7.16. The van der Waals surface area contributed by atoms with E-state index >= 15 is 0 Å². The molecule has 1 heterocycles. The number of carbonyl (C=O) groups is 3. The van der Waals surface area contributed by atoms with Gasteiger partial charge in [-0.25, -0.2) is 9.78 Å². The van der Waals surface area contributed by atoms with Crippen molar-refractivity contribution in [1.82, 2.24) is 14.9 Å². The highest BCUT2D eigenvalue weighted by atomic mass is 32.2. The zero-order chi connectivity index (χ0) is 18.6. The van der Waals surface area contributed by atoms with Gasteiger partial charge in [0.2, 0.25) is 5.91 Å². The van der Waals surface area contributed by atoms with Crippen molar-refractivity contribution in [2.75, 3.05) is 7.11 Å². The lowest BCUT2D eigenvalue weighted by Gasteiger charge is -2.15. The molecule has 9 nitrogen and oxygen atoms in total. The summed E-state index contributed by atoms with van der Waals surface area (Å²) in [5.41, 5.74) is 4.92. The highest BCUT2D eigenvalue weighted by Gasteiger charge is 2.21. The lowest BCUT2D eigenvalue weighted by molar-refractivity contribution is -0.141. The smallest absolute Gasteiger partial charge is 0.325 e. The first kappa shape index (κ1) is 18.5. The largest absolute Gasteiger partial charge is 0.468 e. The number of fused-ring (bicyclic) bond motifs is 1. The Kier molecular flexibility index (Phi) is 5.75. The lowest BCUT2D eigenvalue weighted by Crippen LogP contribution is -2.39. The second-order valence-corrected chi connectivity index (χ2v) is 6.30. The van der Waals surface area contributed by atoms with Gasteiger partial charge in [0.05, 0.1) is 23.3 Å². The molecule has 1 aromatic carbocycles. The monoisotopic (exact) mass is 364 g/mol. The van der Waals surface area contributed by atoms with Crippen LogP contribution in [0.5, 0.6) is 0 Å². The molecular weight excluding hydrogens is 348 g/mol. The third kappa shape index (κ3) is 4.35. The minimum Gasteiger partial charge on any atom is -0.468 e. The van der Waals surface area contributed by atoms with Crippen molar-refractivity contribution >= 4 is 40.6 Å². The molecule has 0 aliphatic rings.